The molecule has 1 N–H and O–H groups in total. The van der Waals surface area contributed by atoms with Crippen molar-refractivity contribution >= 4 is 5.97 Å². The van der Waals surface area contributed by atoms with E-state index in [1.54, 1.807) is 0 Å². The van der Waals surface area contributed by atoms with Crippen LogP contribution >= 0.6 is 0 Å². The Labute approximate surface area is 115 Å². The summed E-state index contributed by atoms with van der Waals surface area (Å²) in [5, 5.41) is 3.59. The Morgan fingerprint density at radius 1 is 1.37 bits per heavy atom. The molecule has 1 aliphatic rings. The van der Waals surface area contributed by atoms with Crippen molar-refractivity contribution in [3.8, 4) is 0 Å². The minimum Gasteiger partial charge on any atom is -0.466 e. The van der Waals surface area contributed by atoms with Crippen LogP contribution < -0.4 is 5.32 Å². The number of hydrogen-bond donors (Lipinski definition) is 1. The van der Waals surface area contributed by atoms with E-state index in [4.69, 9.17) is 4.74 Å². The maximum Gasteiger partial charge on any atom is 0.305 e. The zero-order valence-corrected chi connectivity index (χ0v) is 11.6. The summed E-state index contributed by atoms with van der Waals surface area (Å²) in [6.07, 6.45) is 3.97. The molecule has 1 atom stereocenters. The van der Waals surface area contributed by atoms with Crippen LogP contribution in [0.4, 0.5) is 0 Å². The van der Waals surface area contributed by atoms with Crippen LogP contribution in [-0.2, 0) is 9.53 Å². The van der Waals surface area contributed by atoms with Gasteiger partial charge >= 0.3 is 5.97 Å². The first-order valence-electron chi connectivity index (χ1n) is 7.25. The molecule has 0 radical (unpaired) electrons. The molecule has 104 valence electrons. The lowest BCUT2D eigenvalue weighted by Crippen LogP contribution is -2.24. The van der Waals surface area contributed by atoms with Crippen LogP contribution in [0, 0.1) is 5.92 Å². The molecule has 1 aromatic rings. The lowest BCUT2D eigenvalue weighted by atomic mass is 10.0. The second kappa shape index (κ2) is 7.29. The highest BCUT2D eigenvalue weighted by Crippen LogP contribution is 2.40. The summed E-state index contributed by atoms with van der Waals surface area (Å²) >= 11 is 0. The molecule has 0 aromatic heterocycles. The van der Waals surface area contributed by atoms with Gasteiger partial charge in [0.25, 0.3) is 0 Å². The Hall–Kier alpha value is -1.35. The van der Waals surface area contributed by atoms with Crippen molar-refractivity contribution in [3.63, 3.8) is 0 Å². The number of carbonyl (C=O) groups is 1. The fourth-order valence-electron chi connectivity index (χ4n) is 2.37. The van der Waals surface area contributed by atoms with Crippen molar-refractivity contribution < 1.29 is 9.53 Å². The summed E-state index contributed by atoms with van der Waals surface area (Å²) in [7, 11) is 0. The van der Waals surface area contributed by atoms with Crippen molar-refractivity contribution in [1.82, 2.24) is 5.32 Å². The summed E-state index contributed by atoms with van der Waals surface area (Å²) in [4.78, 5) is 11.3. The lowest BCUT2D eigenvalue weighted by molar-refractivity contribution is -0.143. The van der Waals surface area contributed by atoms with E-state index in [2.05, 4.69) is 29.6 Å². The fourth-order valence-corrected chi connectivity index (χ4v) is 2.37. The van der Waals surface area contributed by atoms with E-state index in [9.17, 15) is 4.79 Å². The SMILES string of the molecule is CCOC(=O)CCCNC(c1ccccc1)C1CC1. The third kappa shape index (κ3) is 4.67. The van der Waals surface area contributed by atoms with Crippen LogP contribution in [0.1, 0.15) is 44.2 Å². The zero-order chi connectivity index (χ0) is 13.5. The van der Waals surface area contributed by atoms with Crippen LogP contribution in [0.25, 0.3) is 0 Å². The van der Waals surface area contributed by atoms with E-state index in [0.29, 0.717) is 19.1 Å². The predicted octanol–water partition coefficient (Wildman–Crippen LogP) is 3.07. The quantitative estimate of drug-likeness (QED) is 0.577. The Balaban J connectivity index is 1.74. The average molecular weight is 261 g/mol. The van der Waals surface area contributed by atoms with Gasteiger partial charge in [0.05, 0.1) is 6.61 Å². The van der Waals surface area contributed by atoms with Gasteiger partial charge in [-0.15, -0.1) is 0 Å². The maximum atomic E-state index is 11.3. The van der Waals surface area contributed by atoms with Gasteiger partial charge in [0.15, 0.2) is 0 Å². The van der Waals surface area contributed by atoms with Gasteiger partial charge in [0.2, 0.25) is 0 Å². The lowest BCUT2D eigenvalue weighted by Gasteiger charge is -2.18. The number of rotatable bonds is 8. The zero-order valence-electron chi connectivity index (χ0n) is 11.6. The van der Waals surface area contributed by atoms with Gasteiger partial charge in [0, 0.05) is 12.5 Å². The molecule has 19 heavy (non-hydrogen) atoms. The topological polar surface area (TPSA) is 38.3 Å². The van der Waals surface area contributed by atoms with Gasteiger partial charge in [-0.3, -0.25) is 4.79 Å². The number of benzene rings is 1. The molecule has 0 spiro atoms. The fraction of sp³-hybridized carbons (Fsp3) is 0.562. The van der Waals surface area contributed by atoms with Gasteiger partial charge in [-0.25, -0.2) is 0 Å². The second-order valence-corrected chi connectivity index (χ2v) is 5.09. The summed E-state index contributed by atoms with van der Waals surface area (Å²) < 4.78 is 4.93. The molecule has 0 amide bonds. The largest absolute Gasteiger partial charge is 0.466 e. The molecular weight excluding hydrogens is 238 g/mol. The normalized spacial score (nSPS) is 16.1. The van der Waals surface area contributed by atoms with Crippen LogP contribution in [-0.4, -0.2) is 19.1 Å². The van der Waals surface area contributed by atoms with Gasteiger partial charge in [-0.1, -0.05) is 30.3 Å². The second-order valence-electron chi connectivity index (χ2n) is 5.09. The van der Waals surface area contributed by atoms with Crippen molar-refractivity contribution in [3.05, 3.63) is 35.9 Å². The van der Waals surface area contributed by atoms with Crippen LogP contribution in [0.15, 0.2) is 30.3 Å². The monoisotopic (exact) mass is 261 g/mol. The van der Waals surface area contributed by atoms with Crippen LogP contribution in [0.3, 0.4) is 0 Å². The first-order valence-corrected chi connectivity index (χ1v) is 7.25. The number of esters is 1. The van der Waals surface area contributed by atoms with E-state index in [0.717, 1.165) is 18.9 Å². The van der Waals surface area contributed by atoms with Crippen molar-refractivity contribution in [2.75, 3.05) is 13.2 Å². The Morgan fingerprint density at radius 2 is 2.11 bits per heavy atom. The van der Waals surface area contributed by atoms with E-state index < -0.39 is 0 Å². The van der Waals surface area contributed by atoms with Gasteiger partial charge in [-0.2, -0.15) is 0 Å². The number of hydrogen-bond acceptors (Lipinski definition) is 3. The number of nitrogens with one attached hydrogen (secondary N) is 1. The predicted molar refractivity (Wildman–Crippen MR) is 75.8 cm³/mol. The summed E-state index contributed by atoms with van der Waals surface area (Å²) in [6, 6.07) is 11.0. The highest BCUT2D eigenvalue weighted by Gasteiger charge is 2.31. The molecule has 1 fully saturated rings. The molecule has 1 aromatic carbocycles. The summed E-state index contributed by atoms with van der Waals surface area (Å²) in [6.45, 7) is 3.19. The van der Waals surface area contributed by atoms with E-state index in [1.165, 1.54) is 18.4 Å². The summed E-state index contributed by atoms with van der Waals surface area (Å²) in [5.41, 5.74) is 1.36. The molecule has 3 nitrogen and oxygen atoms in total. The number of carbonyl (C=O) groups excluding carboxylic acids is 1. The van der Waals surface area contributed by atoms with Gasteiger partial charge < -0.3 is 10.1 Å². The smallest absolute Gasteiger partial charge is 0.305 e. The highest BCUT2D eigenvalue weighted by molar-refractivity contribution is 5.69. The molecule has 0 aliphatic heterocycles. The molecule has 0 saturated heterocycles. The van der Waals surface area contributed by atoms with Gasteiger partial charge in [0.1, 0.15) is 0 Å². The van der Waals surface area contributed by atoms with Crippen LogP contribution in [0.2, 0.25) is 0 Å². The van der Waals surface area contributed by atoms with Crippen molar-refractivity contribution in [2.45, 2.75) is 38.6 Å². The maximum absolute atomic E-state index is 11.3. The van der Waals surface area contributed by atoms with Crippen molar-refractivity contribution in [1.29, 1.82) is 0 Å². The van der Waals surface area contributed by atoms with Crippen molar-refractivity contribution in [2.24, 2.45) is 5.92 Å². The molecule has 1 saturated carbocycles. The Kier molecular flexibility index (Phi) is 5.40. The molecule has 2 rings (SSSR count). The standard InChI is InChI=1S/C16H23NO2/c1-2-19-15(18)9-6-12-17-16(14-10-11-14)13-7-4-3-5-8-13/h3-5,7-8,14,16-17H,2,6,9-12H2,1H3. The van der Waals surface area contributed by atoms with E-state index >= 15 is 0 Å². The number of ether oxygens (including phenoxy) is 1. The molecule has 0 heterocycles. The van der Waals surface area contributed by atoms with E-state index in [-0.39, 0.29) is 5.97 Å². The minimum absolute atomic E-state index is 0.0908. The Bertz CT molecular complexity index is 387. The molecular formula is C16H23NO2. The molecule has 3 heteroatoms. The summed E-state index contributed by atoms with van der Waals surface area (Å²) in [5.74, 6) is 0.678. The Morgan fingerprint density at radius 3 is 2.74 bits per heavy atom. The third-order valence-electron chi connectivity index (χ3n) is 3.48. The molecule has 0 bridgehead atoms. The minimum atomic E-state index is -0.0908. The highest BCUT2D eigenvalue weighted by atomic mass is 16.5. The first kappa shape index (κ1) is 14.1. The third-order valence-corrected chi connectivity index (χ3v) is 3.48. The average Bonchev–Trinajstić information content (AvgIpc) is 3.24. The molecule has 1 aliphatic carbocycles. The van der Waals surface area contributed by atoms with Crippen LogP contribution in [0.5, 0.6) is 0 Å². The van der Waals surface area contributed by atoms with Gasteiger partial charge in [-0.05, 0) is 44.2 Å². The molecule has 1 unspecified atom stereocenters. The first-order chi connectivity index (χ1) is 9.31. The van der Waals surface area contributed by atoms with E-state index in [1.807, 2.05) is 13.0 Å².